The highest BCUT2D eigenvalue weighted by molar-refractivity contribution is 5.62. The Morgan fingerprint density at radius 3 is 2.77 bits per heavy atom. The summed E-state index contributed by atoms with van der Waals surface area (Å²) in [6, 6.07) is 11.1. The molecule has 2 heteroatoms. The lowest BCUT2D eigenvalue weighted by molar-refractivity contribution is 0.631. The van der Waals surface area contributed by atoms with E-state index in [1.165, 1.54) is 6.07 Å². The molecule has 0 saturated heterocycles. The molecule has 0 aliphatic rings. The number of nitrogens with zero attached hydrogens (tertiary/aromatic N) is 1. The van der Waals surface area contributed by atoms with Crippen LogP contribution in [0.5, 0.6) is 0 Å². The number of hydrogen-bond donors (Lipinski definition) is 0. The first-order valence-corrected chi connectivity index (χ1v) is 3.94. The van der Waals surface area contributed by atoms with Gasteiger partial charge in [-0.1, -0.05) is 18.2 Å². The second-order valence-electron chi connectivity index (χ2n) is 2.65. The molecule has 0 aliphatic carbocycles. The molecular formula is C11H7FN. The number of halogens is 1. The van der Waals surface area contributed by atoms with E-state index in [1.807, 2.05) is 0 Å². The van der Waals surface area contributed by atoms with Crippen molar-refractivity contribution in [1.29, 1.82) is 0 Å². The van der Waals surface area contributed by atoms with Gasteiger partial charge in [-0.2, -0.15) is 0 Å². The molecule has 0 N–H and O–H groups in total. The summed E-state index contributed by atoms with van der Waals surface area (Å²) in [4.78, 5) is 3.88. The van der Waals surface area contributed by atoms with Crippen LogP contribution in [0.25, 0.3) is 11.1 Å². The molecule has 0 amide bonds. The summed E-state index contributed by atoms with van der Waals surface area (Å²) < 4.78 is 13.2. The van der Waals surface area contributed by atoms with Crippen molar-refractivity contribution in [2.24, 2.45) is 0 Å². The van der Waals surface area contributed by atoms with Crippen molar-refractivity contribution in [2.75, 3.05) is 0 Å². The Morgan fingerprint density at radius 1 is 1.23 bits per heavy atom. The summed E-state index contributed by atoms with van der Waals surface area (Å²) in [5.74, 6) is -0.232. The van der Waals surface area contributed by atoms with Crippen LogP contribution < -0.4 is 0 Å². The smallest absolute Gasteiger partial charge is 0.131 e. The zero-order valence-electron chi connectivity index (χ0n) is 6.87. The van der Waals surface area contributed by atoms with E-state index < -0.39 is 0 Å². The lowest BCUT2D eigenvalue weighted by atomic mass is 10.1. The second-order valence-corrected chi connectivity index (χ2v) is 2.65. The van der Waals surface area contributed by atoms with Crippen molar-refractivity contribution in [3.8, 4) is 11.1 Å². The van der Waals surface area contributed by atoms with Gasteiger partial charge < -0.3 is 0 Å². The predicted octanol–water partition coefficient (Wildman–Crippen LogP) is 2.69. The van der Waals surface area contributed by atoms with Crippen LogP contribution in [0, 0.1) is 11.9 Å². The maximum Gasteiger partial charge on any atom is 0.131 e. The maximum atomic E-state index is 13.2. The fourth-order valence-electron chi connectivity index (χ4n) is 1.17. The Hall–Kier alpha value is -1.70. The molecule has 1 radical (unpaired) electrons. The summed E-state index contributed by atoms with van der Waals surface area (Å²) in [6.07, 6.45) is 3.17. The van der Waals surface area contributed by atoms with Crippen molar-refractivity contribution in [1.82, 2.24) is 4.98 Å². The lowest BCUT2D eigenvalue weighted by Crippen LogP contribution is -1.83. The molecule has 2 aromatic rings. The third-order valence-electron chi connectivity index (χ3n) is 1.79. The Morgan fingerprint density at radius 2 is 2.08 bits per heavy atom. The normalized spacial score (nSPS) is 9.92. The largest absolute Gasteiger partial charge is 0.263 e. The summed E-state index contributed by atoms with van der Waals surface area (Å²) in [5.41, 5.74) is 1.31. The molecule has 0 saturated carbocycles. The van der Waals surface area contributed by atoms with E-state index in [1.54, 1.807) is 36.7 Å². The SMILES string of the molecule is Fc1ccccc1-c1c[c]cnc1. The molecule has 0 aliphatic heterocycles. The van der Waals surface area contributed by atoms with Crippen molar-refractivity contribution in [3.63, 3.8) is 0 Å². The highest BCUT2D eigenvalue weighted by atomic mass is 19.1. The zero-order chi connectivity index (χ0) is 9.10. The standard InChI is InChI=1S/C11H7FN/c12-11-6-2-1-5-10(11)9-4-3-7-13-8-9/h1-2,4-8H. The summed E-state index contributed by atoms with van der Waals surface area (Å²) >= 11 is 0. The molecule has 0 fully saturated rings. The third-order valence-corrected chi connectivity index (χ3v) is 1.79. The average Bonchev–Trinajstić information content (AvgIpc) is 2.20. The molecule has 0 atom stereocenters. The van der Waals surface area contributed by atoms with E-state index >= 15 is 0 Å². The van der Waals surface area contributed by atoms with Crippen LogP contribution in [-0.4, -0.2) is 4.98 Å². The van der Waals surface area contributed by atoms with Crippen molar-refractivity contribution in [3.05, 3.63) is 54.6 Å². The molecule has 1 aromatic carbocycles. The van der Waals surface area contributed by atoms with Crippen LogP contribution in [0.1, 0.15) is 0 Å². The molecule has 1 aromatic heterocycles. The van der Waals surface area contributed by atoms with Crippen molar-refractivity contribution >= 4 is 0 Å². The Kier molecular flexibility index (Phi) is 2.04. The Bertz CT molecular complexity index is 398. The summed E-state index contributed by atoms with van der Waals surface area (Å²) in [5, 5.41) is 0. The topological polar surface area (TPSA) is 12.9 Å². The minimum absolute atomic E-state index is 0.232. The van der Waals surface area contributed by atoms with Gasteiger partial charge in [0.05, 0.1) is 0 Å². The molecular weight excluding hydrogens is 165 g/mol. The summed E-state index contributed by atoms with van der Waals surface area (Å²) in [7, 11) is 0. The van der Waals surface area contributed by atoms with E-state index in [4.69, 9.17) is 0 Å². The molecule has 0 unspecified atom stereocenters. The number of benzene rings is 1. The van der Waals surface area contributed by atoms with Gasteiger partial charge in [0.1, 0.15) is 5.82 Å². The van der Waals surface area contributed by atoms with Gasteiger partial charge in [-0.3, -0.25) is 4.98 Å². The van der Waals surface area contributed by atoms with Crippen LogP contribution >= 0.6 is 0 Å². The number of pyridine rings is 1. The molecule has 1 heterocycles. The van der Waals surface area contributed by atoms with Crippen LogP contribution in [-0.2, 0) is 0 Å². The van der Waals surface area contributed by atoms with Crippen molar-refractivity contribution in [2.45, 2.75) is 0 Å². The molecule has 1 nitrogen and oxygen atoms in total. The van der Waals surface area contributed by atoms with Gasteiger partial charge in [0.15, 0.2) is 0 Å². The summed E-state index contributed by atoms with van der Waals surface area (Å²) in [6.45, 7) is 0. The monoisotopic (exact) mass is 172 g/mol. The van der Waals surface area contributed by atoms with Crippen LogP contribution in [0.15, 0.2) is 42.7 Å². The molecule has 13 heavy (non-hydrogen) atoms. The highest BCUT2D eigenvalue weighted by Crippen LogP contribution is 2.20. The average molecular weight is 172 g/mol. The van der Waals surface area contributed by atoms with Gasteiger partial charge in [-0.05, 0) is 12.1 Å². The van der Waals surface area contributed by atoms with Crippen LogP contribution in [0.3, 0.4) is 0 Å². The minimum Gasteiger partial charge on any atom is -0.263 e. The molecule has 0 bridgehead atoms. The maximum absolute atomic E-state index is 13.2. The minimum atomic E-state index is -0.232. The van der Waals surface area contributed by atoms with E-state index in [2.05, 4.69) is 11.1 Å². The number of hydrogen-bond acceptors (Lipinski definition) is 1. The second kappa shape index (κ2) is 3.35. The quantitative estimate of drug-likeness (QED) is 0.644. The number of aromatic nitrogens is 1. The van der Waals surface area contributed by atoms with E-state index in [0.29, 0.717) is 5.56 Å². The fraction of sp³-hybridized carbons (Fsp3) is 0. The fourth-order valence-corrected chi connectivity index (χ4v) is 1.17. The van der Waals surface area contributed by atoms with Crippen LogP contribution in [0.4, 0.5) is 4.39 Å². The highest BCUT2D eigenvalue weighted by Gasteiger charge is 2.01. The van der Waals surface area contributed by atoms with Gasteiger partial charge in [0.25, 0.3) is 0 Å². The number of rotatable bonds is 1. The zero-order valence-corrected chi connectivity index (χ0v) is 6.87. The van der Waals surface area contributed by atoms with Gasteiger partial charge in [0, 0.05) is 29.6 Å². The van der Waals surface area contributed by atoms with E-state index in [0.717, 1.165) is 5.56 Å². The Labute approximate surface area is 75.9 Å². The predicted molar refractivity (Wildman–Crippen MR) is 48.5 cm³/mol. The first kappa shape index (κ1) is 7.92. The third kappa shape index (κ3) is 1.56. The van der Waals surface area contributed by atoms with Gasteiger partial charge in [0.2, 0.25) is 0 Å². The van der Waals surface area contributed by atoms with Gasteiger partial charge in [-0.25, -0.2) is 4.39 Å². The first-order chi connectivity index (χ1) is 6.38. The molecule has 2 rings (SSSR count). The first-order valence-electron chi connectivity index (χ1n) is 3.94. The molecule has 63 valence electrons. The van der Waals surface area contributed by atoms with Gasteiger partial charge in [-0.15, -0.1) is 0 Å². The van der Waals surface area contributed by atoms with Crippen LogP contribution in [0.2, 0.25) is 0 Å². The van der Waals surface area contributed by atoms with E-state index in [-0.39, 0.29) is 5.82 Å². The van der Waals surface area contributed by atoms with E-state index in [9.17, 15) is 4.39 Å². The molecule has 0 spiro atoms. The van der Waals surface area contributed by atoms with Crippen molar-refractivity contribution < 1.29 is 4.39 Å². The van der Waals surface area contributed by atoms with Gasteiger partial charge >= 0.3 is 0 Å². The Balaban J connectivity index is 2.54. The lowest BCUT2D eigenvalue weighted by Gasteiger charge is -2.00.